The van der Waals surface area contributed by atoms with E-state index in [-0.39, 0.29) is 23.0 Å². The molecule has 3 N–H and O–H groups in total. The zero-order valence-electron chi connectivity index (χ0n) is 11.8. The largest absolute Gasteiger partial charge is 0.508 e. The average molecular weight is 278 g/mol. The lowest BCUT2D eigenvalue weighted by molar-refractivity contribution is 0.0934. The van der Waals surface area contributed by atoms with Gasteiger partial charge in [-0.05, 0) is 56.6 Å². The van der Waals surface area contributed by atoms with Crippen LogP contribution in [-0.2, 0) is 0 Å². The second-order valence-corrected chi connectivity index (χ2v) is 5.29. The third-order valence-electron chi connectivity index (χ3n) is 3.93. The van der Waals surface area contributed by atoms with Gasteiger partial charge in [-0.15, -0.1) is 0 Å². The van der Waals surface area contributed by atoms with Crippen molar-refractivity contribution >= 4 is 5.91 Å². The van der Waals surface area contributed by atoms with Crippen molar-refractivity contribution < 1.29 is 15.0 Å². The maximum Gasteiger partial charge on any atom is 0.255 e. The third-order valence-corrected chi connectivity index (χ3v) is 3.93. The highest BCUT2D eigenvalue weighted by Gasteiger charge is 2.19. The van der Waals surface area contributed by atoms with E-state index < -0.39 is 0 Å². The molecule has 0 aromatic heterocycles. The Morgan fingerprint density at radius 3 is 2.70 bits per heavy atom. The molecule has 1 aliphatic heterocycles. The molecule has 1 amide bonds. The van der Waals surface area contributed by atoms with Crippen LogP contribution in [0.5, 0.6) is 11.5 Å². The number of benzene rings is 1. The SMILES string of the molecule is CCN1CCC(CNC(=O)c2cc(O)ccc2O)CC1. The number of amides is 1. The maximum absolute atomic E-state index is 12.0. The van der Waals surface area contributed by atoms with E-state index in [9.17, 15) is 15.0 Å². The molecule has 0 unspecified atom stereocenters. The number of phenols is 2. The molecule has 5 heteroatoms. The maximum atomic E-state index is 12.0. The zero-order valence-corrected chi connectivity index (χ0v) is 11.8. The summed E-state index contributed by atoms with van der Waals surface area (Å²) in [6.07, 6.45) is 2.17. The summed E-state index contributed by atoms with van der Waals surface area (Å²) in [5.41, 5.74) is 0.121. The van der Waals surface area contributed by atoms with Crippen LogP contribution >= 0.6 is 0 Å². The quantitative estimate of drug-likeness (QED) is 0.731. The fourth-order valence-electron chi connectivity index (χ4n) is 2.54. The fraction of sp³-hybridized carbons (Fsp3) is 0.533. The predicted molar refractivity (Wildman–Crippen MR) is 76.9 cm³/mol. The Bertz CT molecular complexity index is 468. The number of hydrogen-bond acceptors (Lipinski definition) is 4. The zero-order chi connectivity index (χ0) is 14.5. The summed E-state index contributed by atoms with van der Waals surface area (Å²) in [6.45, 7) is 6.01. The molecule has 0 aliphatic carbocycles. The van der Waals surface area contributed by atoms with Gasteiger partial charge in [-0.2, -0.15) is 0 Å². The van der Waals surface area contributed by atoms with Crippen LogP contribution in [0.15, 0.2) is 18.2 Å². The number of carbonyl (C=O) groups is 1. The molecule has 1 fully saturated rings. The summed E-state index contributed by atoms with van der Waals surface area (Å²) in [5.74, 6) is 0.0165. The number of nitrogens with zero attached hydrogens (tertiary/aromatic N) is 1. The number of carbonyl (C=O) groups excluding carboxylic acids is 1. The fourth-order valence-corrected chi connectivity index (χ4v) is 2.54. The minimum absolute atomic E-state index is 0.0239. The summed E-state index contributed by atoms with van der Waals surface area (Å²) in [4.78, 5) is 14.4. The molecule has 0 saturated carbocycles. The molecule has 0 atom stereocenters. The number of hydrogen-bond donors (Lipinski definition) is 3. The van der Waals surface area contributed by atoms with E-state index in [1.165, 1.54) is 18.2 Å². The van der Waals surface area contributed by atoms with Gasteiger partial charge in [-0.1, -0.05) is 6.92 Å². The van der Waals surface area contributed by atoms with Gasteiger partial charge in [0.2, 0.25) is 0 Å². The lowest BCUT2D eigenvalue weighted by Crippen LogP contribution is -2.38. The van der Waals surface area contributed by atoms with Crippen LogP contribution in [0.2, 0.25) is 0 Å². The molecular weight excluding hydrogens is 256 g/mol. The summed E-state index contributed by atoms with van der Waals surface area (Å²) < 4.78 is 0. The van der Waals surface area contributed by atoms with Crippen molar-refractivity contribution in [3.8, 4) is 11.5 Å². The second kappa shape index (κ2) is 6.61. The smallest absolute Gasteiger partial charge is 0.255 e. The third kappa shape index (κ3) is 3.63. The van der Waals surface area contributed by atoms with E-state index in [0.29, 0.717) is 12.5 Å². The van der Waals surface area contributed by atoms with Crippen LogP contribution in [0.25, 0.3) is 0 Å². The van der Waals surface area contributed by atoms with Crippen LogP contribution in [-0.4, -0.2) is 47.2 Å². The van der Waals surface area contributed by atoms with Gasteiger partial charge in [-0.25, -0.2) is 0 Å². The Balaban J connectivity index is 1.85. The topological polar surface area (TPSA) is 72.8 Å². The molecule has 20 heavy (non-hydrogen) atoms. The van der Waals surface area contributed by atoms with E-state index in [0.717, 1.165) is 32.5 Å². The minimum Gasteiger partial charge on any atom is -0.508 e. The number of likely N-dealkylation sites (tertiary alicyclic amines) is 1. The van der Waals surface area contributed by atoms with Gasteiger partial charge in [0.05, 0.1) is 5.56 Å². The van der Waals surface area contributed by atoms with Gasteiger partial charge >= 0.3 is 0 Å². The molecule has 2 rings (SSSR count). The molecule has 1 saturated heterocycles. The minimum atomic E-state index is -0.337. The molecule has 0 radical (unpaired) electrons. The Morgan fingerprint density at radius 2 is 2.05 bits per heavy atom. The molecule has 1 aliphatic rings. The predicted octanol–water partition coefficient (Wildman–Crippen LogP) is 1.56. The number of rotatable bonds is 4. The Hall–Kier alpha value is -1.75. The molecule has 1 aromatic carbocycles. The van der Waals surface area contributed by atoms with Gasteiger partial charge in [0.15, 0.2) is 0 Å². The highest BCUT2D eigenvalue weighted by molar-refractivity contribution is 5.97. The second-order valence-electron chi connectivity index (χ2n) is 5.29. The molecule has 5 nitrogen and oxygen atoms in total. The van der Waals surface area contributed by atoms with E-state index in [1.807, 2.05) is 0 Å². The van der Waals surface area contributed by atoms with Crippen LogP contribution in [0.4, 0.5) is 0 Å². The first-order valence-electron chi connectivity index (χ1n) is 7.12. The number of nitrogens with one attached hydrogen (secondary N) is 1. The van der Waals surface area contributed by atoms with Crippen molar-refractivity contribution in [3.63, 3.8) is 0 Å². The normalized spacial score (nSPS) is 17.1. The average Bonchev–Trinajstić information content (AvgIpc) is 2.47. The van der Waals surface area contributed by atoms with Gasteiger partial charge in [0.1, 0.15) is 11.5 Å². The highest BCUT2D eigenvalue weighted by Crippen LogP contribution is 2.22. The number of piperidine rings is 1. The number of phenolic OH excluding ortho intramolecular Hbond substituents is 2. The van der Waals surface area contributed by atoms with E-state index in [4.69, 9.17) is 0 Å². The summed E-state index contributed by atoms with van der Waals surface area (Å²) in [6, 6.07) is 3.96. The van der Waals surface area contributed by atoms with Crippen LogP contribution in [0, 0.1) is 5.92 Å². The Kier molecular flexibility index (Phi) is 4.84. The van der Waals surface area contributed by atoms with Crippen molar-refractivity contribution in [2.75, 3.05) is 26.2 Å². The monoisotopic (exact) mass is 278 g/mol. The summed E-state index contributed by atoms with van der Waals surface area (Å²) in [5, 5.41) is 21.8. The highest BCUT2D eigenvalue weighted by atomic mass is 16.3. The Morgan fingerprint density at radius 1 is 1.35 bits per heavy atom. The standard InChI is InChI=1S/C15H22N2O3/c1-2-17-7-5-11(6-8-17)10-16-15(20)13-9-12(18)3-4-14(13)19/h3-4,9,11,18-19H,2,5-8,10H2,1H3,(H,16,20). The van der Waals surface area contributed by atoms with Crippen molar-refractivity contribution in [1.82, 2.24) is 10.2 Å². The number of aromatic hydroxyl groups is 2. The molecule has 0 spiro atoms. The van der Waals surface area contributed by atoms with Crippen LogP contribution in [0.1, 0.15) is 30.1 Å². The van der Waals surface area contributed by atoms with E-state index >= 15 is 0 Å². The van der Waals surface area contributed by atoms with E-state index in [1.54, 1.807) is 0 Å². The van der Waals surface area contributed by atoms with Gasteiger partial charge < -0.3 is 20.4 Å². The van der Waals surface area contributed by atoms with Crippen molar-refractivity contribution in [3.05, 3.63) is 23.8 Å². The Labute approximate surface area is 119 Å². The van der Waals surface area contributed by atoms with Gasteiger partial charge in [0, 0.05) is 6.54 Å². The molecule has 0 bridgehead atoms. The van der Waals surface area contributed by atoms with Crippen molar-refractivity contribution in [2.45, 2.75) is 19.8 Å². The van der Waals surface area contributed by atoms with Crippen LogP contribution < -0.4 is 5.32 Å². The van der Waals surface area contributed by atoms with E-state index in [2.05, 4.69) is 17.1 Å². The van der Waals surface area contributed by atoms with Crippen molar-refractivity contribution in [2.24, 2.45) is 5.92 Å². The van der Waals surface area contributed by atoms with Gasteiger partial charge in [-0.3, -0.25) is 4.79 Å². The lowest BCUT2D eigenvalue weighted by atomic mass is 9.96. The molecule has 110 valence electrons. The molecular formula is C15H22N2O3. The first kappa shape index (κ1) is 14.7. The summed E-state index contributed by atoms with van der Waals surface area (Å²) in [7, 11) is 0. The molecule has 1 heterocycles. The van der Waals surface area contributed by atoms with Crippen molar-refractivity contribution in [1.29, 1.82) is 0 Å². The first-order chi connectivity index (χ1) is 9.60. The first-order valence-corrected chi connectivity index (χ1v) is 7.12. The lowest BCUT2D eigenvalue weighted by Gasteiger charge is -2.31. The van der Waals surface area contributed by atoms with Crippen LogP contribution in [0.3, 0.4) is 0 Å². The molecule has 1 aromatic rings. The summed E-state index contributed by atoms with van der Waals surface area (Å²) >= 11 is 0. The van der Waals surface area contributed by atoms with Gasteiger partial charge in [0.25, 0.3) is 5.91 Å².